The highest BCUT2D eigenvalue weighted by atomic mass is 32.2. The van der Waals surface area contributed by atoms with Crippen LogP contribution in [0.3, 0.4) is 0 Å². The number of hydrogen-bond acceptors (Lipinski definition) is 6. The number of hydrogen-bond donors (Lipinski definition) is 3. The first-order valence-electron chi connectivity index (χ1n) is 4.16. The first-order valence-corrected chi connectivity index (χ1v) is 5.15. The van der Waals surface area contributed by atoms with E-state index in [-0.39, 0.29) is 0 Å². The summed E-state index contributed by atoms with van der Waals surface area (Å²) in [6.45, 7) is 0. The van der Waals surface area contributed by atoms with Crippen molar-refractivity contribution in [2.75, 3.05) is 16.9 Å². The first-order chi connectivity index (χ1) is 6.34. The summed E-state index contributed by atoms with van der Waals surface area (Å²) < 4.78 is 0. The van der Waals surface area contributed by atoms with Gasteiger partial charge in [0.2, 0.25) is 5.95 Å². The van der Waals surface area contributed by atoms with Gasteiger partial charge in [0.05, 0.1) is 6.04 Å². The van der Waals surface area contributed by atoms with Crippen LogP contribution in [0, 0.1) is 0 Å². The van der Waals surface area contributed by atoms with Crippen molar-refractivity contribution in [2.24, 2.45) is 0 Å². The van der Waals surface area contributed by atoms with Crippen LogP contribution in [0.5, 0.6) is 0 Å². The molecule has 0 aromatic carbocycles. The first kappa shape index (κ1) is 7.40. The van der Waals surface area contributed by atoms with Crippen molar-refractivity contribution in [3.63, 3.8) is 0 Å². The van der Waals surface area contributed by atoms with E-state index in [4.69, 9.17) is 5.73 Å². The largest absolute Gasteiger partial charge is 0.368 e. The number of nitrogen functional groups attached to an aromatic ring is 1. The van der Waals surface area contributed by atoms with Crippen LogP contribution in [0.2, 0.25) is 0 Å². The third-order valence-electron chi connectivity index (χ3n) is 2.29. The maximum atomic E-state index is 5.57. The van der Waals surface area contributed by atoms with Gasteiger partial charge < -0.3 is 11.2 Å². The lowest BCUT2D eigenvalue weighted by Gasteiger charge is -2.17. The van der Waals surface area contributed by atoms with E-state index in [0.29, 0.717) is 12.0 Å². The summed E-state index contributed by atoms with van der Waals surface area (Å²) in [6, 6.07) is 0.367. The molecule has 0 saturated heterocycles. The minimum Gasteiger partial charge on any atom is -0.368 e. The molecule has 2 aliphatic rings. The molecular weight excluding hydrogens is 186 g/mol. The predicted molar refractivity (Wildman–Crippen MR) is 51.3 cm³/mol. The number of nitrogens with zero attached hydrogens (tertiary/aromatic N) is 2. The molecule has 0 amide bonds. The van der Waals surface area contributed by atoms with Gasteiger partial charge in [0.15, 0.2) is 5.82 Å². The highest BCUT2D eigenvalue weighted by Gasteiger charge is 2.30. The second kappa shape index (κ2) is 2.49. The Labute approximate surface area is 79.5 Å². The Kier molecular flexibility index (Phi) is 1.42. The van der Waals surface area contributed by atoms with E-state index in [2.05, 4.69) is 20.8 Å². The second-order valence-corrected chi connectivity index (χ2v) is 4.19. The average Bonchev–Trinajstić information content (AvgIpc) is 2.50. The molecule has 0 saturated carbocycles. The molecule has 0 bridgehead atoms. The fourth-order valence-corrected chi connectivity index (χ4v) is 2.80. The molecule has 68 valence electrons. The van der Waals surface area contributed by atoms with Crippen molar-refractivity contribution in [3.8, 4) is 0 Å². The summed E-state index contributed by atoms with van der Waals surface area (Å²) in [5.74, 6) is 2.28. The van der Waals surface area contributed by atoms with E-state index in [1.807, 2.05) is 0 Å². The molecule has 2 aliphatic heterocycles. The van der Waals surface area contributed by atoms with Crippen molar-refractivity contribution in [1.29, 1.82) is 0 Å². The van der Waals surface area contributed by atoms with Crippen molar-refractivity contribution in [1.82, 2.24) is 15.4 Å². The minimum atomic E-state index is 0.345. The van der Waals surface area contributed by atoms with Gasteiger partial charge in [-0.3, -0.25) is 0 Å². The fourth-order valence-electron chi connectivity index (χ4n) is 1.70. The zero-order valence-corrected chi connectivity index (χ0v) is 7.69. The van der Waals surface area contributed by atoms with Crippen molar-refractivity contribution >= 4 is 23.5 Å². The lowest BCUT2D eigenvalue weighted by atomic mass is 10.1. The molecule has 0 spiro atoms. The topological polar surface area (TPSA) is 75.9 Å². The lowest BCUT2D eigenvalue weighted by molar-refractivity contribution is 0.590. The van der Waals surface area contributed by atoms with Crippen molar-refractivity contribution in [3.05, 3.63) is 5.56 Å². The third-order valence-corrected chi connectivity index (χ3v) is 3.31. The molecule has 6 heteroatoms. The standard InChI is InChI=1S/C7H9N5S/c8-7-9-5-4-3(11-12-5)1-2-13-6(4)10-7/h3,11H,1-2H2,(H3,8,9,10,12). The van der Waals surface area contributed by atoms with Gasteiger partial charge in [-0.15, -0.1) is 11.8 Å². The Bertz CT molecular complexity index is 366. The third kappa shape index (κ3) is 0.988. The number of rotatable bonds is 0. The summed E-state index contributed by atoms with van der Waals surface area (Å²) in [6.07, 6.45) is 1.12. The quantitative estimate of drug-likeness (QED) is 0.524. The number of hydrazine groups is 1. The molecular formula is C7H9N5S. The second-order valence-electron chi connectivity index (χ2n) is 3.11. The molecule has 5 nitrogen and oxygen atoms in total. The molecule has 3 heterocycles. The van der Waals surface area contributed by atoms with E-state index in [9.17, 15) is 0 Å². The number of aromatic nitrogens is 2. The van der Waals surface area contributed by atoms with E-state index in [1.54, 1.807) is 11.8 Å². The maximum absolute atomic E-state index is 5.57. The maximum Gasteiger partial charge on any atom is 0.223 e. The van der Waals surface area contributed by atoms with Crippen LogP contribution in [0.1, 0.15) is 18.0 Å². The summed E-state index contributed by atoms with van der Waals surface area (Å²) in [4.78, 5) is 8.34. The number of nitrogens with two attached hydrogens (primary N) is 1. The van der Waals surface area contributed by atoms with Gasteiger partial charge in [-0.2, -0.15) is 4.98 Å². The van der Waals surface area contributed by atoms with Gasteiger partial charge in [-0.05, 0) is 6.42 Å². The molecule has 1 aromatic heterocycles. The SMILES string of the molecule is Nc1nc2c3c(n1)SCCC3NN2. The number of anilines is 2. The molecule has 0 fully saturated rings. The zero-order chi connectivity index (χ0) is 8.84. The fraction of sp³-hybridized carbons (Fsp3) is 0.429. The van der Waals surface area contributed by atoms with Crippen LogP contribution in [0.25, 0.3) is 0 Å². The van der Waals surface area contributed by atoms with E-state index >= 15 is 0 Å². The monoisotopic (exact) mass is 195 g/mol. The summed E-state index contributed by atoms with van der Waals surface area (Å²) >= 11 is 1.75. The van der Waals surface area contributed by atoms with Crippen molar-refractivity contribution < 1.29 is 0 Å². The molecule has 1 atom stereocenters. The lowest BCUT2D eigenvalue weighted by Crippen LogP contribution is -2.20. The van der Waals surface area contributed by atoms with Gasteiger partial charge >= 0.3 is 0 Å². The van der Waals surface area contributed by atoms with Gasteiger partial charge in [0.25, 0.3) is 0 Å². The number of nitrogens with one attached hydrogen (secondary N) is 2. The molecule has 1 aromatic rings. The Morgan fingerprint density at radius 2 is 2.38 bits per heavy atom. The molecule has 0 aliphatic carbocycles. The van der Waals surface area contributed by atoms with Crippen LogP contribution in [0.4, 0.5) is 11.8 Å². The van der Waals surface area contributed by atoms with Crippen LogP contribution in [-0.2, 0) is 0 Å². The van der Waals surface area contributed by atoms with Gasteiger partial charge in [0.1, 0.15) is 5.03 Å². The van der Waals surface area contributed by atoms with E-state index in [1.165, 1.54) is 5.56 Å². The molecule has 0 radical (unpaired) electrons. The molecule has 1 unspecified atom stereocenters. The van der Waals surface area contributed by atoms with Crippen LogP contribution < -0.4 is 16.6 Å². The Morgan fingerprint density at radius 3 is 3.31 bits per heavy atom. The number of thioether (sulfide) groups is 1. The zero-order valence-electron chi connectivity index (χ0n) is 6.87. The van der Waals surface area contributed by atoms with Crippen LogP contribution in [0.15, 0.2) is 5.03 Å². The normalized spacial score (nSPS) is 23.8. The predicted octanol–water partition coefficient (Wildman–Crippen LogP) is 0.526. The Hall–Kier alpha value is -1.01. The molecule has 4 N–H and O–H groups in total. The Balaban J connectivity index is 2.23. The molecule has 3 rings (SSSR count). The van der Waals surface area contributed by atoms with Gasteiger partial charge in [0, 0.05) is 11.3 Å². The van der Waals surface area contributed by atoms with Crippen LogP contribution in [-0.4, -0.2) is 15.7 Å². The van der Waals surface area contributed by atoms with Crippen LogP contribution >= 0.6 is 11.8 Å². The smallest absolute Gasteiger partial charge is 0.223 e. The van der Waals surface area contributed by atoms with E-state index < -0.39 is 0 Å². The summed E-state index contributed by atoms with van der Waals surface area (Å²) in [5, 5.41) is 1.02. The van der Waals surface area contributed by atoms with E-state index in [0.717, 1.165) is 23.0 Å². The van der Waals surface area contributed by atoms with Gasteiger partial charge in [-0.25, -0.2) is 10.4 Å². The highest BCUT2D eigenvalue weighted by molar-refractivity contribution is 7.99. The Morgan fingerprint density at radius 1 is 1.46 bits per heavy atom. The van der Waals surface area contributed by atoms with Crippen molar-refractivity contribution in [2.45, 2.75) is 17.5 Å². The minimum absolute atomic E-state index is 0.345. The summed E-state index contributed by atoms with van der Waals surface area (Å²) in [7, 11) is 0. The highest BCUT2D eigenvalue weighted by Crippen LogP contribution is 2.41. The van der Waals surface area contributed by atoms with Gasteiger partial charge in [-0.1, -0.05) is 0 Å². The summed E-state index contributed by atoms with van der Waals surface area (Å²) in [5.41, 5.74) is 13.0. The average molecular weight is 195 g/mol. The molecule has 13 heavy (non-hydrogen) atoms.